The first kappa shape index (κ1) is 21.6. The molecule has 2 unspecified atom stereocenters. The molecule has 8 nitrogen and oxygen atoms in total. The van der Waals surface area contributed by atoms with Gasteiger partial charge >= 0.3 is 0 Å². The van der Waals surface area contributed by atoms with Crippen LogP contribution in [-0.4, -0.2) is 63.4 Å². The number of nitrogens with zero attached hydrogens (tertiary/aromatic N) is 1. The molecule has 150 valence electrons. The van der Waals surface area contributed by atoms with E-state index in [-0.39, 0.29) is 53.0 Å². The maximum absolute atomic E-state index is 12.8. The number of ether oxygens (including phenoxy) is 1. The number of halogens is 1. The molecule has 2 heterocycles. The Labute approximate surface area is 165 Å². The minimum Gasteiger partial charge on any atom is -0.376 e. The molecule has 2 aliphatic heterocycles. The van der Waals surface area contributed by atoms with Crippen LogP contribution in [0, 0.1) is 0 Å². The molecule has 1 aromatic carbocycles. The zero-order valence-electron chi connectivity index (χ0n) is 15.2. The standard InChI is InChI=1S/C17H23N3O5S.ClH/c1-11(18-2)9-19-16(21)12-5-6-14-15(8-12)26(23,24)20(17(14)22)10-13-4-3-7-25-13;/h5-6,8,11,13,18H,3-4,7,9-10H2,1-2H3,(H,19,21);1H. The van der Waals surface area contributed by atoms with E-state index in [2.05, 4.69) is 10.6 Å². The lowest BCUT2D eigenvalue weighted by molar-refractivity contribution is 0.0707. The van der Waals surface area contributed by atoms with Crippen LogP contribution in [0.15, 0.2) is 23.1 Å². The molecule has 0 aromatic heterocycles. The number of amides is 2. The highest BCUT2D eigenvalue weighted by Gasteiger charge is 2.43. The lowest BCUT2D eigenvalue weighted by atomic mass is 10.1. The zero-order chi connectivity index (χ0) is 18.9. The molecule has 1 fully saturated rings. The summed E-state index contributed by atoms with van der Waals surface area (Å²) in [5.41, 5.74) is 0.311. The van der Waals surface area contributed by atoms with Crippen LogP contribution in [0.5, 0.6) is 0 Å². The molecule has 0 aliphatic carbocycles. The molecule has 27 heavy (non-hydrogen) atoms. The molecule has 2 N–H and O–H groups in total. The van der Waals surface area contributed by atoms with Crippen molar-refractivity contribution >= 4 is 34.2 Å². The van der Waals surface area contributed by atoms with Gasteiger partial charge in [0.05, 0.1) is 18.2 Å². The zero-order valence-corrected chi connectivity index (χ0v) is 16.9. The topological polar surface area (TPSA) is 105 Å². The maximum atomic E-state index is 12.8. The van der Waals surface area contributed by atoms with Gasteiger partial charge in [-0.1, -0.05) is 0 Å². The van der Waals surface area contributed by atoms with Crippen LogP contribution in [0.2, 0.25) is 0 Å². The SMILES string of the molecule is CNC(C)CNC(=O)c1ccc2c(c1)S(=O)(=O)N(CC1CCCO1)C2=O.Cl. The Bertz CT molecular complexity index is 824. The van der Waals surface area contributed by atoms with E-state index in [1.54, 1.807) is 7.05 Å². The third-order valence-electron chi connectivity index (χ3n) is 4.72. The van der Waals surface area contributed by atoms with Gasteiger partial charge in [-0.2, -0.15) is 0 Å². The van der Waals surface area contributed by atoms with Gasteiger partial charge in [0.25, 0.3) is 21.8 Å². The third-order valence-corrected chi connectivity index (χ3v) is 6.51. The highest BCUT2D eigenvalue weighted by atomic mass is 35.5. The van der Waals surface area contributed by atoms with Crippen molar-refractivity contribution in [3.05, 3.63) is 29.3 Å². The van der Waals surface area contributed by atoms with Crippen molar-refractivity contribution in [3.8, 4) is 0 Å². The Hall–Kier alpha value is -1.68. The quantitative estimate of drug-likeness (QED) is 0.708. The average molecular weight is 418 g/mol. The summed E-state index contributed by atoms with van der Waals surface area (Å²) in [4.78, 5) is 24.7. The molecule has 0 spiro atoms. The predicted molar refractivity (Wildman–Crippen MR) is 102 cm³/mol. The van der Waals surface area contributed by atoms with Crippen molar-refractivity contribution in [3.63, 3.8) is 0 Å². The molecule has 0 bridgehead atoms. The van der Waals surface area contributed by atoms with Gasteiger partial charge < -0.3 is 15.4 Å². The van der Waals surface area contributed by atoms with E-state index < -0.39 is 15.9 Å². The Kier molecular flexibility index (Phi) is 6.85. The molecule has 0 radical (unpaired) electrons. The summed E-state index contributed by atoms with van der Waals surface area (Å²) in [7, 11) is -2.18. The molecular formula is C17H24ClN3O5S. The summed E-state index contributed by atoms with van der Waals surface area (Å²) in [5, 5.41) is 5.73. The van der Waals surface area contributed by atoms with E-state index in [0.717, 1.165) is 17.1 Å². The summed E-state index contributed by atoms with van der Waals surface area (Å²) in [5.74, 6) is -0.943. The lowest BCUT2D eigenvalue weighted by Crippen LogP contribution is -2.37. The summed E-state index contributed by atoms with van der Waals surface area (Å²) < 4.78 is 31.9. The predicted octanol–water partition coefficient (Wildman–Crippen LogP) is 0.770. The van der Waals surface area contributed by atoms with Gasteiger partial charge in [-0.15, -0.1) is 12.4 Å². The van der Waals surface area contributed by atoms with Crippen LogP contribution in [0.4, 0.5) is 0 Å². The Balaban J connectivity index is 0.00000261. The van der Waals surface area contributed by atoms with Crippen LogP contribution in [0.1, 0.15) is 40.5 Å². The minimum atomic E-state index is -3.96. The number of carbonyl (C=O) groups is 2. The maximum Gasteiger partial charge on any atom is 0.269 e. The molecule has 10 heteroatoms. The van der Waals surface area contributed by atoms with Gasteiger partial charge in [-0.25, -0.2) is 12.7 Å². The van der Waals surface area contributed by atoms with Crippen molar-refractivity contribution < 1.29 is 22.7 Å². The van der Waals surface area contributed by atoms with Crippen LogP contribution >= 0.6 is 12.4 Å². The van der Waals surface area contributed by atoms with Crippen LogP contribution in [-0.2, 0) is 14.8 Å². The number of benzene rings is 1. The van der Waals surface area contributed by atoms with Gasteiger partial charge in [0.15, 0.2) is 0 Å². The second-order valence-electron chi connectivity index (χ2n) is 6.59. The molecule has 1 saturated heterocycles. The molecule has 2 aliphatic rings. The number of carbonyl (C=O) groups excluding carboxylic acids is 2. The second-order valence-corrected chi connectivity index (χ2v) is 8.42. The summed E-state index contributed by atoms with van der Waals surface area (Å²) in [6.07, 6.45) is 1.32. The highest BCUT2D eigenvalue weighted by molar-refractivity contribution is 7.90. The van der Waals surface area contributed by atoms with E-state index in [4.69, 9.17) is 4.74 Å². The second kappa shape index (κ2) is 8.55. The summed E-state index contributed by atoms with van der Waals surface area (Å²) >= 11 is 0. The molecular weight excluding hydrogens is 394 g/mol. The number of hydrogen-bond donors (Lipinski definition) is 2. The molecule has 1 aromatic rings. The monoisotopic (exact) mass is 417 g/mol. The van der Waals surface area contributed by atoms with Gasteiger partial charge in [-0.05, 0) is 45.0 Å². The summed E-state index contributed by atoms with van der Waals surface area (Å²) in [6.45, 7) is 2.91. The minimum absolute atomic E-state index is 0. The number of fused-ring (bicyclic) bond motifs is 1. The van der Waals surface area contributed by atoms with Crippen molar-refractivity contribution in [2.24, 2.45) is 0 Å². The Morgan fingerprint density at radius 3 is 2.78 bits per heavy atom. The fourth-order valence-electron chi connectivity index (χ4n) is 3.02. The molecule has 2 amide bonds. The van der Waals surface area contributed by atoms with Crippen LogP contribution in [0.3, 0.4) is 0 Å². The van der Waals surface area contributed by atoms with Crippen molar-refractivity contribution in [2.75, 3.05) is 26.7 Å². The fourth-order valence-corrected chi connectivity index (χ4v) is 4.65. The largest absolute Gasteiger partial charge is 0.376 e. The number of likely N-dealkylation sites (N-methyl/N-ethyl adjacent to an activating group) is 1. The van der Waals surface area contributed by atoms with E-state index in [1.165, 1.54) is 18.2 Å². The number of nitrogens with one attached hydrogen (secondary N) is 2. The van der Waals surface area contributed by atoms with Crippen molar-refractivity contribution in [2.45, 2.75) is 36.8 Å². The van der Waals surface area contributed by atoms with Gasteiger partial charge in [0.1, 0.15) is 4.90 Å². The number of rotatable bonds is 6. The van der Waals surface area contributed by atoms with Crippen LogP contribution < -0.4 is 10.6 Å². The van der Waals surface area contributed by atoms with E-state index in [1.807, 2.05) is 6.92 Å². The molecule has 2 atom stereocenters. The van der Waals surface area contributed by atoms with Gasteiger partial charge in [0, 0.05) is 24.8 Å². The average Bonchev–Trinajstić information content (AvgIpc) is 3.21. The van der Waals surface area contributed by atoms with Crippen LogP contribution in [0.25, 0.3) is 0 Å². The highest BCUT2D eigenvalue weighted by Crippen LogP contribution is 2.32. The lowest BCUT2D eigenvalue weighted by Gasteiger charge is -2.18. The molecule has 3 rings (SSSR count). The fraction of sp³-hybridized carbons (Fsp3) is 0.529. The number of sulfonamides is 1. The Morgan fingerprint density at radius 1 is 1.41 bits per heavy atom. The number of hydrogen-bond acceptors (Lipinski definition) is 6. The Morgan fingerprint density at radius 2 is 2.15 bits per heavy atom. The first-order valence-corrected chi connectivity index (χ1v) is 10.1. The smallest absolute Gasteiger partial charge is 0.269 e. The van der Waals surface area contributed by atoms with Crippen molar-refractivity contribution in [1.82, 2.24) is 14.9 Å². The first-order valence-electron chi connectivity index (χ1n) is 8.62. The van der Waals surface area contributed by atoms with Gasteiger partial charge in [0.2, 0.25) is 0 Å². The van der Waals surface area contributed by atoms with Crippen molar-refractivity contribution in [1.29, 1.82) is 0 Å². The van der Waals surface area contributed by atoms with Gasteiger partial charge in [-0.3, -0.25) is 9.59 Å². The molecule has 0 saturated carbocycles. The van der Waals surface area contributed by atoms with E-state index in [0.29, 0.717) is 13.2 Å². The normalized spacial score (nSPS) is 21.5. The summed E-state index contributed by atoms with van der Waals surface area (Å²) in [6, 6.07) is 4.24. The third kappa shape index (κ3) is 4.26. The van der Waals surface area contributed by atoms with E-state index in [9.17, 15) is 18.0 Å². The van der Waals surface area contributed by atoms with E-state index >= 15 is 0 Å². The first-order chi connectivity index (χ1) is 12.3.